The molecule has 3 rings (SSSR count). The van der Waals surface area contributed by atoms with E-state index >= 15 is 0 Å². The average molecular weight is 353 g/mol. The zero-order valence-electron chi connectivity index (χ0n) is 13.6. The number of rotatable bonds is 3. The highest BCUT2D eigenvalue weighted by atomic mass is 32.2. The number of nitrogens with two attached hydrogens (primary N) is 1. The highest BCUT2D eigenvalue weighted by Crippen LogP contribution is 2.38. The van der Waals surface area contributed by atoms with Crippen molar-refractivity contribution in [2.45, 2.75) is 31.2 Å². The summed E-state index contributed by atoms with van der Waals surface area (Å²) in [5.41, 5.74) is 7.98. The molecular formula is C16H23N3O4S. The molecule has 132 valence electrons. The Labute approximate surface area is 145 Å². The third-order valence-corrected chi connectivity index (χ3v) is 5.86. The minimum absolute atomic E-state index is 0.138. The maximum absolute atomic E-state index is 11.6. The second-order valence-corrected chi connectivity index (χ2v) is 7.23. The lowest BCUT2D eigenvalue weighted by Gasteiger charge is -2.40. The van der Waals surface area contributed by atoms with Gasteiger partial charge in [0.15, 0.2) is 0 Å². The Kier molecular flexibility index (Phi) is 4.91. The number of carbonyl (C=O) groups excluding carboxylic acids is 1. The number of aliphatic hydroxyl groups is 2. The molecular weight excluding hydrogens is 330 g/mol. The summed E-state index contributed by atoms with van der Waals surface area (Å²) in [4.78, 5) is 13.7. The van der Waals surface area contributed by atoms with Crippen LogP contribution in [0.15, 0.2) is 18.2 Å². The predicted molar refractivity (Wildman–Crippen MR) is 93.5 cm³/mol. The smallest absolute Gasteiger partial charge is 0.337 e. The number of carbonyl (C=O) groups is 1. The van der Waals surface area contributed by atoms with Crippen LogP contribution in [0.5, 0.6) is 0 Å². The molecule has 0 amide bonds. The molecule has 24 heavy (non-hydrogen) atoms. The van der Waals surface area contributed by atoms with Gasteiger partial charge >= 0.3 is 5.97 Å². The summed E-state index contributed by atoms with van der Waals surface area (Å²) in [5, 5.41) is 20.0. The first-order valence-corrected chi connectivity index (χ1v) is 8.96. The van der Waals surface area contributed by atoms with Crippen LogP contribution in [0.3, 0.4) is 0 Å². The van der Waals surface area contributed by atoms with Crippen molar-refractivity contribution in [2.75, 3.05) is 36.6 Å². The number of anilines is 2. The lowest BCUT2D eigenvalue weighted by atomic mass is 10.0. The Morgan fingerprint density at radius 1 is 1.38 bits per heavy atom. The molecule has 0 saturated carbocycles. The monoisotopic (exact) mass is 353 g/mol. The molecule has 2 fully saturated rings. The van der Waals surface area contributed by atoms with Gasteiger partial charge in [-0.05, 0) is 31.0 Å². The zero-order valence-corrected chi connectivity index (χ0v) is 14.5. The van der Waals surface area contributed by atoms with Gasteiger partial charge in [0.05, 0.1) is 24.0 Å². The van der Waals surface area contributed by atoms with Crippen LogP contribution in [0.4, 0.5) is 11.4 Å². The van der Waals surface area contributed by atoms with Gasteiger partial charge in [-0.2, -0.15) is 4.31 Å². The van der Waals surface area contributed by atoms with Crippen LogP contribution in [-0.4, -0.2) is 58.4 Å². The van der Waals surface area contributed by atoms with Gasteiger partial charge in [0.1, 0.15) is 0 Å². The van der Waals surface area contributed by atoms with Gasteiger partial charge in [0.25, 0.3) is 0 Å². The first-order chi connectivity index (χ1) is 11.4. The van der Waals surface area contributed by atoms with Gasteiger partial charge in [-0.3, -0.25) is 0 Å². The molecule has 2 heterocycles. The first kappa shape index (κ1) is 17.3. The first-order valence-electron chi connectivity index (χ1n) is 8.02. The molecule has 0 aliphatic carbocycles. The van der Waals surface area contributed by atoms with Crippen LogP contribution in [0.1, 0.15) is 29.6 Å². The van der Waals surface area contributed by atoms with Crippen LogP contribution in [-0.2, 0) is 4.74 Å². The Bertz CT molecular complexity index is 617. The van der Waals surface area contributed by atoms with Crippen molar-refractivity contribution in [3.8, 4) is 0 Å². The maximum atomic E-state index is 11.6. The third-order valence-electron chi connectivity index (χ3n) is 4.61. The van der Waals surface area contributed by atoms with Gasteiger partial charge in [-0.15, -0.1) is 0 Å². The minimum atomic E-state index is -1.70. The molecule has 1 aromatic carbocycles. The molecule has 0 spiro atoms. The zero-order chi connectivity index (χ0) is 17.3. The second kappa shape index (κ2) is 6.79. The van der Waals surface area contributed by atoms with Crippen LogP contribution < -0.4 is 10.6 Å². The molecule has 4 N–H and O–H groups in total. The van der Waals surface area contributed by atoms with E-state index in [4.69, 9.17) is 10.5 Å². The summed E-state index contributed by atoms with van der Waals surface area (Å²) in [7, 11) is 1.34. The van der Waals surface area contributed by atoms with E-state index in [0.717, 1.165) is 37.4 Å². The fraction of sp³-hybridized carbons (Fsp3) is 0.562. The predicted octanol–water partition coefficient (Wildman–Crippen LogP) is 1.02. The fourth-order valence-electron chi connectivity index (χ4n) is 3.32. The van der Waals surface area contributed by atoms with Crippen molar-refractivity contribution in [1.29, 1.82) is 0 Å². The molecule has 2 saturated heterocycles. The molecule has 0 unspecified atom stereocenters. The maximum Gasteiger partial charge on any atom is 0.337 e. The molecule has 0 aromatic heterocycles. The summed E-state index contributed by atoms with van der Waals surface area (Å²) >= 11 is 1.50. The van der Waals surface area contributed by atoms with Crippen LogP contribution >= 0.6 is 11.9 Å². The Balaban J connectivity index is 1.66. The topological polar surface area (TPSA) is 99.3 Å². The molecule has 0 bridgehead atoms. The van der Waals surface area contributed by atoms with Crippen molar-refractivity contribution >= 4 is 29.3 Å². The van der Waals surface area contributed by atoms with E-state index in [9.17, 15) is 15.0 Å². The number of nitrogens with zero attached hydrogens (tertiary/aromatic N) is 2. The number of nitrogen functional groups attached to an aromatic ring is 1. The normalized spacial score (nSPS) is 21.9. The van der Waals surface area contributed by atoms with Gasteiger partial charge in [-0.1, -0.05) is 11.9 Å². The Hall–Kier alpha value is -1.48. The van der Waals surface area contributed by atoms with Crippen molar-refractivity contribution in [2.24, 2.45) is 0 Å². The van der Waals surface area contributed by atoms with E-state index in [0.29, 0.717) is 17.7 Å². The third kappa shape index (κ3) is 3.32. The van der Waals surface area contributed by atoms with Gasteiger partial charge in [0.2, 0.25) is 5.91 Å². The number of hydrogen-bond donors (Lipinski definition) is 3. The van der Waals surface area contributed by atoms with E-state index in [-0.39, 0.29) is 6.04 Å². The summed E-state index contributed by atoms with van der Waals surface area (Å²) in [6.07, 6.45) is 2.03. The Morgan fingerprint density at radius 2 is 2.08 bits per heavy atom. The number of benzene rings is 1. The minimum Gasteiger partial charge on any atom is -0.465 e. The van der Waals surface area contributed by atoms with E-state index in [2.05, 4.69) is 4.90 Å². The van der Waals surface area contributed by atoms with Crippen LogP contribution in [0.25, 0.3) is 0 Å². The SMILES string of the molecule is COC(=O)c1ccc(N2CCC(N3SCCC3(O)O)CC2)c(N)c1. The largest absolute Gasteiger partial charge is 0.465 e. The number of piperidine rings is 1. The highest BCUT2D eigenvalue weighted by molar-refractivity contribution is 7.97. The lowest BCUT2D eigenvalue weighted by Crippen LogP contribution is -2.50. The second-order valence-electron chi connectivity index (χ2n) is 6.17. The molecule has 1 aromatic rings. The lowest BCUT2D eigenvalue weighted by molar-refractivity contribution is -0.233. The van der Waals surface area contributed by atoms with Crippen molar-refractivity contribution in [3.63, 3.8) is 0 Å². The van der Waals surface area contributed by atoms with Crippen LogP contribution in [0.2, 0.25) is 0 Å². The number of methoxy groups -OCH3 is 1. The highest BCUT2D eigenvalue weighted by Gasteiger charge is 2.43. The number of ether oxygens (including phenoxy) is 1. The molecule has 0 atom stereocenters. The Morgan fingerprint density at radius 3 is 2.62 bits per heavy atom. The van der Waals surface area contributed by atoms with E-state index < -0.39 is 11.9 Å². The summed E-state index contributed by atoms with van der Waals surface area (Å²) in [5.74, 6) is -1.37. The summed E-state index contributed by atoms with van der Waals surface area (Å²) in [6.45, 7) is 1.55. The van der Waals surface area contributed by atoms with Gasteiger partial charge < -0.3 is 25.6 Å². The average Bonchev–Trinajstić information content (AvgIpc) is 2.93. The molecule has 2 aliphatic rings. The molecule has 2 aliphatic heterocycles. The van der Waals surface area contributed by atoms with E-state index in [1.807, 2.05) is 6.07 Å². The van der Waals surface area contributed by atoms with E-state index in [1.54, 1.807) is 16.4 Å². The molecule has 0 radical (unpaired) electrons. The number of esters is 1. The quantitative estimate of drug-likeness (QED) is 0.321. The van der Waals surface area contributed by atoms with Crippen molar-refractivity contribution in [1.82, 2.24) is 4.31 Å². The summed E-state index contributed by atoms with van der Waals surface area (Å²) < 4.78 is 6.43. The van der Waals surface area contributed by atoms with Crippen molar-refractivity contribution in [3.05, 3.63) is 23.8 Å². The fourth-order valence-corrected chi connectivity index (χ4v) is 4.60. The molecule has 8 heteroatoms. The number of hydrogen-bond acceptors (Lipinski definition) is 8. The van der Waals surface area contributed by atoms with Crippen LogP contribution in [0, 0.1) is 0 Å². The van der Waals surface area contributed by atoms with Gasteiger partial charge in [0, 0.05) is 31.3 Å². The van der Waals surface area contributed by atoms with Crippen molar-refractivity contribution < 1.29 is 19.7 Å². The van der Waals surface area contributed by atoms with Gasteiger partial charge in [-0.25, -0.2) is 4.79 Å². The standard InChI is InChI=1S/C16H23N3O4S/c1-23-15(20)11-2-3-14(13(17)10-11)18-7-4-12(5-8-18)19-16(21,22)6-9-24-19/h2-3,10,12,21-22H,4-9,17H2,1H3. The molecule has 7 nitrogen and oxygen atoms in total. The summed E-state index contributed by atoms with van der Waals surface area (Å²) in [6, 6.07) is 5.33. The van der Waals surface area contributed by atoms with E-state index in [1.165, 1.54) is 19.1 Å².